The van der Waals surface area contributed by atoms with Gasteiger partial charge in [0.1, 0.15) is 18.1 Å². The average molecular weight is 477 g/mol. The van der Waals surface area contributed by atoms with Crippen LogP contribution in [0.2, 0.25) is 0 Å². The number of ether oxygens (including phenoxy) is 2. The van der Waals surface area contributed by atoms with Crippen molar-refractivity contribution < 1.29 is 14.3 Å². The minimum absolute atomic E-state index is 0.246. The van der Waals surface area contributed by atoms with Crippen molar-refractivity contribution in [2.24, 2.45) is 7.05 Å². The predicted molar refractivity (Wildman–Crippen MR) is 130 cm³/mol. The Kier molecular flexibility index (Phi) is 6.81. The maximum absolute atomic E-state index is 12.4. The van der Waals surface area contributed by atoms with Gasteiger partial charge in [-0.05, 0) is 68.0 Å². The number of hydrogen-bond acceptors (Lipinski definition) is 7. The summed E-state index contributed by atoms with van der Waals surface area (Å²) in [6.45, 7) is 8.67. The molecule has 4 aromatic rings. The number of esters is 1. The highest BCUT2D eigenvalue weighted by molar-refractivity contribution is 5.91. The zero-order valence-corrected chi connectivity index (χ0v) is 20.5. The summed E-state index contributed by atoms with van der Waals surface area (Å²) < 4.78 is 15.4. The van der Waals surface area contributed by atoms with Crippen molar-refractivity contribution in [3.05, 3.63) is 75.3 Å². The van der Waals surface area contributed by atoms with Crippen LogP contribution in [0.3, 0.4) is 0 Å². The lowest BCUT2D eigenvalue weighted by molar-refractivity contribution is 0.0511. The summed E-state index contributed by atoms with van der Waals surface area (Å²) in [5.74, 6) is 0.330. The van der Waals surface area contributed by atoms with E-state index in [2.05, 4.69) is 15.5 Å². The zero-order chi connectivity index (χ0) is 25.1. The SMILES string of the molecule is CCOC(=O)c1c(C)c(-c2ccc(OCc3ccccc3-n3nnn(C)c3=O)c(C)c2)nn1CC. The molecule has 35 heavy (non-hydrogen) atoms. The quantitative estimate of drug-likeness (QED) is 0.360. The third-order valence-electron chi connectivity index (χ3n) is 5.73. The molecule has 10 nitrogen and oxygen atoms in total. The highest BCUT2D eigenvalue weighted by Gasteiger charge is 2.22. The van der Waals surface area contributed by atoms with Gasteiger partial charge < -0.3 is 9.47 Å². The van der Waals surface area contributed by atoms with Crippen LogP contribution < -0.4 is 10.4 Å². The van der Waals surface area contributed by atoms with Crippen LogP contribution >= 0.6 is 0 Å². The minimum atomic E-state index is -0.372. The van der Waals surface area contributed by atoms with Gasteiger partial charge in [0.2, 0.25) is 0 Å². The van der Waals surface area contributed by atoms with Crippen molar-refractivity contribution >= 4 is 5.97 Å². The average Bonchev–Trinajstić information content (AvgIpc) is 3.37. The smallest absolute Gasteiger partial charge is 0.368 e. The lowest BCUT2D eigenvalue weighted by Crippen LogP contribution is -2.23. The molecule has 10 heteroatoms. The second-order valence-electron chi connectivity index (χ2n) is 8.05. The normalized spacial score (nSPS) is 11.0. The molecule has 182 valence electrons. The highest BCUT2D eigenvalue weighted by Crippen LogP contribution is 2.30. The number of rotatable bonds is 8. The first-order chi connectivity index (χ1) is 16.8. The van der Waals surface area contributed by atoms with Crippen LogP contribution in [0.5, 0.6) is 5.75 Å². The van der Waals surface area contributed by atoms with Crippen LogP contribution in [0, 0.1) is 13.8 Å². The standard InChI is InChI=1S/C25H28N6O4/c1-6-30-23(24(32)34-7-2)17(4)22(26-30)18-12-13-21(16(3)14-18)35-15-19-10-8-9-11-20(19)31-25(33)29(5)27-28-31/h8-14H,6-7,15H2,1-5H3. The maximum atomic E-state index is 12.4. The summed E-state index contributed by atoms with van der Waals surface area (Å²) >= 11 is 0. The van der Waals surface area contributed by atoms with Crippen LogP contribution in [0.1, 0.15) is 41.0 Å². The first kappa shape index (κ1) is 23.9. The summed E-state index contributed by atoms with van der Waals surface area (Å²) in [5, 5.41) is 12.4. The topological polar surface area (TPSA) is 106 Å². The molecular formula is C25H28N6O4. The van der Waals surface area contributed by atoms with Crippen molar-refractivity contribution in [1.29, 1.82) is 0 Å². The van der Waals surface area contributed by atoms with Crippen molar-refractivity contribution in [2.45, 2.75) is 40.8 Å². The Labute approximate surface area is 202 Å². The molecule has 0 aliphatic rings. The second-order valence-corrected chi connectivity index (χ2v) is 8.05. The minimum Gasteiger partial charge on any atom is -0.489 e. The number of carbonyl (C=O) groups is 1. The summed E-state index contributed by atoms with van der Waals surface area (Å²) in [7, 11) is 1.55. The Morgan fingerprint density at radius 1 is 1.06 bits per heavy atom. The monoisotopic (exact) mass is 476 g/mol. The molecule has 2 aromatic carbocycles. The molecule has 0 fully saturated rings. The number of hydrogen-bond donors (Lipinski definition) is 0. The van der Waals surface area contributed by atoms with Gasteiger partial charge >= 0.3 is 11.7 Å². The van der Waals surface area contributed by atoms with E-state index in [1.807, 2.05) is 57.2 Å². The largest absolute Gasteiger partial charge is 0.489 e. The van der Waals surface area contributed by atoms with E-state index in [1.165, 1.54) is 9.36 Å². The lowest BCUT2D eigenvalue weighted by atomic mass is 10.0. The van der Waals surface area contributed by atoms with Crippen LogP contribution in [-0.4, -0.2) is 42.1 Å². The van der Waals surface area contributed by atoms with Gasteiger partial charge in [0.25, 0.3) is 0 Å². The Bertz CT molecular complexity index is 1430. The molecule has 0 saturated heterocycles. The molecule has 0 spiro atoms. The summed E-state index contributed by atoms with van der Waals surface area (Å²) in [6.07, 6.45) is 0. The van der Waals surface area contributed by atoms with Crippen LogP contribution in [0.25, 0.3) is 16.9 Å². The van der Waals surface area contributed by atoms with E-state index in [0.717, 1.165) is 27.9 Å². The summed E-state index contributed by atoms with van der Waals surface area (Å²) in [5.41, 5.74) is 4.87. The molecule has 0 amide bonds. The van der Waals surface area contributed by atoms with Gasteiger partial charge in [-0.25, -0.2) is 9.59 Å². The molecule has 0 radical (unpaired) electrons. The first-order valence-corrected chi connectivity index (χ1v) is 11.4. The molecule has 2 aromatic heterocycles. The van der Waals surface area contributed by atoms with Crippen LogP contribution in [0.4, 0.5) is 0 Å². The fourth-order valence-corrected chi connectivity index (χ4v) is 3.93. The van der Waals surface area contributed by atoms with Crippen molar-refractivity contribution in [2.75, 3.05) is 6.61 Å². The van der Waals surface area contributed by atoms with Gasteiger partial charge in [0.05, 0.1) is 18.0 Å². The Balaban J connectivity index is 1.59. The Morgan fingerprint density at radius 2 is 1.83 bits per heavy atom. The van der Waals surface area contributed by atoms with E-state index in [1.54, 1.807) is 24.7 Å². The number of carbonyl (C=O) groups excluding carboxylic acids is 1. The number of nitrogens with zero attached hydrogens (tertiary/aromatic N) is 6. The van der Waals surface area contributed by atoms with Gasteiger partial charge in [-0.15, -0.1) is 0 Å². The second kappa shape index (κ2) is 9.96. The number of aromatic nitrogens is 6. The Hall–Kier alpha value is -4.21. The molecule has 0 bridgehead atoms. The van der Waals surface area contributed by atoms with E-state index < -0.39 is 0 Å². The fourth-order valence-electron chi connectivity index (χ4n) is 3.93. The molecule has 0 aliphatic heterocycles. The summed E-state index contributed by atoms with van der Waals surface area (Å²) in [4.78, 5) is 24.7. The molecule has 0 N–H and O–H groups in total. The van der Waals surface area contributed by atoms with E-state index in [4.69, 9.17) is 9.47 Å². The molecule has 0 aliphatic carbocycles. The third-order valence-corrected chi connectivity index (χ3v) is 5.73. The van der Waals surface area contributed by atoms with E-state index in [-0.39, 0.29) is 18.3 Å². The van der Waals surface area contributed by atoms with Gasteiger partial charge in [0, 0.05) is 30.3 Å². The zero-order valence-electron chi connectivity index (χ0n) is 20.5. The van der Waals surface area contributed by atoms with Crippen molar-refractivity contribution in [1.82, 2.24) is 29.6 Å². The van der Waals surface area contributed by atoms with Gasteiger partial charge in [-0.1, -0.05) is 18.2 Å². The van der Waals surface area contributed by atoms with Crippen LogP contribution in [0.15, 0.2) is 47.3 Å². The fraction of sp³-hybridized carbons (Fsp3) is 0.320. The van der Waals surface area contributed by atoms with Crippen molar-refractivity contribution in [3.8, 4) is 22.7 Å². The maximum Gasteiger partial charge on any atom is 0.368 e. The molecule has 2 heterocycles. The van der Waals surface area contributed by atoms with E-state index >= 15 is 0 Å². The lowest BCUT2D eigenvalue weighted by Gasteiger charge is -2.13. The molecule has 0 saturated carbocycles. The van der Waals surface area contributed by atoms with E-state index in [9.17, 15) is 9.59 Å². The predicted octanol–water partition coefficient (Wildman–Crippen LogP) is 3.22. The molecule has 0 atom stereocenters. The van der Waals surface area contributed by atoms with E-state index in [0.29, 0.717) is 30.3 Å². The molecule has 4 rings (SSSR count). The third kappa shape index (κ3) is 4.59. The number of tetrazole rings is 1. The number of benzene rings is 2. The first-order valence-electron chi connectivity index (χ1n) is 11.4. The van der Waals surface area contributed by atoms with Gasteiger partial charge in [-0.2, -0.15) is 14.5 Å². The van der Waals surface area contributed by atoms with Crippen LogP contribution in [-0.2, 0) is 24.9 Å². The highest BCUT2D eigenvalue weighted by atomic mass is 16.5. The van der Waals surface area contributed by atoms with Gasteiger partial charge in [0.15, 0.2) is 0 Å². The van der Waals surface area contributed by atoms with Crippen molar-refractivity contribution in [3.63, 3.8) is 0 Å². The van der Waals surface area contributed by atoms with Gasteiger partial charge in [-0.3, -0.25) is 4.68 Å². The molecule has 0 unspecified atom stereocenters. The number of para-hydroxylation sites is 1. The Morgan fingerprint density at radius 3 is 2.49 bits per heavy atom. The number of aryl methyl sites for hydroxylation is 3. The summed E-state index contributed by atoms with van der Waals surface area (Å²) in [6, 6.07) is 13.2. The molecular weight excluding hydrogens is 448 g/mol.